The summed E-state index contributed by atoms with van der Waals surface area (Å²) in [6.45, 7) is 6.59. The summed E-state index contributed by atoms with van der Waals surface area (Å²) in [6, 6.07) is 2.05. The van der Waals surface area contributed by atoms with E-state index in [1.807, 2.05) is 6.92 Å². The standard InChI is InChI=1S/C19H29N7O/c1-14-10-17(21-13-20-14)26-7-3-4-15(11-26)19-23-22-18(24(19)2)12-25-8-5-16(27)6-9-25/h10,13,15-16,27H,3-9,11-12H2,1-2H3/t15-/m1/s1. The fraction of sp³-hybridized carbons (Fsp3) is 0.684. The number of aryl methyl sites for hydroxylation is 1. The second kappa shape index (κ2) is 7.90. The van der Waals surface area contributed by atoms with Crippen LogP contribution in [0.4, 0.5) is 5.82 Å². The Hall–Kier alpha value is -2.06. The number of hydrogen-bond donors (Lipinski definition) is 1. The molecule has 0 unspecified atom stereocenters. The number of nitrogens with zero attached hydrogens (tertiary/aromatic N) is 7. The first-order chi connectivity index (χ1) is 13.1. The number of aliphatic hydroxyl groups is 1. The van der Waals surface area contributed by atoms with Gasteiger partial charge >= 0.3 is 0 Å². The van der Waals surface area contributed by atoms with E-state index in [4.69, 9.17) is 0 Å². The summed E-state index contributed by atoms with van der Waals surface area (Å²) in [5.74, 6) is 3.44. The Labute approximate surface area is 160 Å². The van der Waals surface area contributed by atoms with Crippen LogP contribution in [0.3, 0.4) is 0 Å². The van der Waals surface area contributed by atoms with Crippen LogP contribution in [0.25, 0.3) is 0 Å². The number of rotatable bonds is 4. The van der Waals surface area contributed by atoms with Crippen LogP contribution >= 0.6 is 0 Å². The minimum atomic E-state index is -0.144. The van der Waals surface area contributed by atoms with Gasteiger partial charge in [0.15, 0.2) is 0 Å². The van der Waals surface area contributed by atoms with Crippen molar-refractivity contribution in [1.29, 1.82) is 0 Å². The highest BCUT2D eigenvalue weighted by atomic mass is 16.3. The van der Waals surface area contributed by atoms with Crippen LogP contribution in [0.1, 0.15) is 48.9 Å². The summed E-state index contributed by atoms with van der Waals surface area (Å²) in [4.78, 5) is 13.3. The maximum atomic E-state index is 9.68. The summed E-state index contributed by atoms with van der Waals surface area (Å²) in [5.41, 5.74) is 0.995. The zero-order chi connectivity index (χ0) is 18.8. The molecule has 2 aliphatic rings. The van der Waals surface area contributed by atoms with Gasteiger partial charge in [0.25, 0.3) is 0 Å². The lowest BCUT2D eigenvalue weighted by Crippen LogP contribution is -2.36. The number of hydrogen-bond acceptors (Lipinski definition) is 7. The number of anilines is 1. The summed E-state index contributed by atoms with van der Waals surface area (Å²) >= 11 is 0. The lowest BCUT2D eigenvalue weighted by molar-refractivity contribution is 0.0775. The molecule has 2 fully saturated rings. The molecule has 2 aliphatic heterocycles. The molecule has 4 rings (SSSR count). The minimum Gasteiger partial charge on any atom is -0.393 e. The van der Waals surface area contributed by atoms with Gasteiger partial charge in [-0.15, -0.1) is 10.2 Å². The molecule has 1 atom stereocenters. The molecule has 0 aromatic carbocycles. The van der Waals surface area contributed by atoms with Gasteiger partial charge < -0.3 is 14.6 Å². The van der Waals surface area contributed by atoms with Gasteiger partial charge in [-0.25, -0.2) is 9.97 Å². The Morgan fingerprint density at radius 3 is 2.70 bits per heavy atom. The first-order valence-electron chi connectivity index (χ1n) is 9.92. The average Bonchev–Trinajstić information content (AvgIpc) is 3.04. The summed E-state index contributed by atoms with van der Waals surface area (Å²) in [7, 11) is 2.08. The van der Waals surface area contributed by atoms with Crippen LogP contribution in [0, 0.1) is 6.92 Å². The SMILES string of the molecule is Cc1cc(N2CCC[C@@H](c3nnc(CN4CCC(O)CC4)n3C)C2)ncn1. The molecule has 8 heteroatoms. The van der Waals surface area contributed by atoms with Crippen LogP contribution in [0.15, 0.2) is 12.4 Å². The largest absolute Gasteiger partial charge is 0.393 e. The maximum absolute atomic E-state index is 9.68. The van der Waals surface area contributed by atoms with E-state index in [2.05, 4.69) is 47.6 Å². The second-order valence-electron chi connectivity index (χ2n) is 7.84. The molecule has 4 heterocycles. The third-order valence-electron chi connectivity index (χ3n) is 5.82. The molecule has 2 aromatic heterocycles. The first-order valence-corrected chi connectivity index (χ1v) is 9.92. The van der Waals surface area contributed by atoms with E-state index in [1.54, 1.807) is 6.33 Å². The lowest BCUT2D eigenvalue weighted by atomic mass is 9.97. The molecule has 0 radical (unpaired) electrons. The molecule has 8 nitrogen and oxygen atoms in total. The van der Waals surface area contributed by atoms with Crippen molar-refractivity contribution in [3.63, 3.8) is 0 Å². The zero-order valence-electron chi connectivity index (χ0n) is 16.3. The highest BCUT2D eigenvalue weighted by molar-refractivity contribution is 5.39. The summed E-state index contributed by atoms with van der Waals surface area (Å²) < 4.78 is 2.17. The first kappa shape index (κ1) is 18.3. The van der Waals surface area contributed by atoms with Crippen molar-refractivity contribution in [3.05, 3.63) is 29.7 Å². The van der Waals surface area contributed by atoms with E-state index < -0.39 is 0 Å². The van der Waals surface area contributed by atoms with E-state index in [-0.39, 0.29) is 6.10 Å². The highest BCUT2D eigenvalue weighted by Gasteiger charge is 2.27. The molecule has 0 bridgehead atoms. The van der Waals surface area contributed by atoms with Crippen molar-refractivity contribution in [2.75, 3.05) is 31.1 Å². The van der Waals surface area contributed by atoms with Crippen LogP contribution in [-0.2, 0) is 13.6 Å². The van der Waals surface area contributed by atoms with Crippen LogP contribution in [0.2, 0.25) is 0 Å². The zero-order valence-corrected chi connectivity index (χ0v) is 16.3. The highest BCUT2D eigenvalue weighted by Crippen LogP contribution is 2.28. The second-order valence-corrected chi connectivity index (χ2v) is 7.84. The van der Waals surface area contributed by atoms with Gasteiger partial charge in [0, 0.05) is 50.9 Å². The molecular weight excluding hydrogens is 342 g/mol. The molecule has 2 aromatic rings. The van der Waals surface area contributed by atoms with Gasteiger partial charge in [-0.1, -0.05) is 0 Å². The van der Waals surface area contributed by atoms with Crippen LogP contribution in [0.5, 0.6) is 0 Å². The lowest BCUT2D eigenvalue weighted by Gasteiger charge is -2.33. The molecular formula is C19H29N7O. The van der Waals surface area contributed by atoms with E-state index in [0.29, 0.717) is 5.92 Å². The molecule has 27 heavy (non-hydrogen) atoms. The number of aromatic nitrogens is 5. The van der Waals surface area contributed by atoms with Gasteiger partial charge in [0.05, 0.1) is 12.6 Å². The van der Waals surface area contributed by atoms with Crippen molar-refractivity contribution < 1.29 is 5.11 Å². The van der Waals surface area contributed by atoms with Crippen molar-refractivity contribution in [1.82, 2.24) is 29.6 Å². The molecule has 146 valence electrons. The van der Waals surface area contributed by atoms with Crippen molar-refractivity contribution in [2.45, 2.75) is 51.2 Å². The Kier molecular flexibility index (Phi) is 5.36. The van der Waals surface area contributed by atoms with Gasteiger partial charge in [0.1, 0.15) is 23.8 Å². The Balaban J connectivity index is 1.44. The number of likely N-dealkylation sites (tertiary alicyclic amines) is 1. The van der Waals surface area contributed by atoms with Crippen molar-refractivity contribution in [3.8, 4) is 0 Å². The van der Waals surface area contributed by atoms with Crippen LogP contribution < -0.4 is 4.90 Å². The van der Waals surface area contributed by atoms with E-state index >= 15 is 0 Å². The molecule has 0 amide bonds. The van der Waals surface area contributed by atoms with Gasteiger partial charge in [-0.05, 0) is 32.6 Å². The normalized spacial score (nSPS) is 22.3. The Morgan fingerprint density at radius 2 is 1.93 bits per heavy atom. The predicted molar refractivity (Wildman–Crippen MR) is 102 cm³/mol. The fourth-order valence-corrected chi connectivity index (χ4v) is 4.16. The van der Waals surface area contributed by atoms with Crippen LogP contribution in [-0.4, -0.2) is 67.0 Å². The van der Waals surface area contributed by atoms with E-state index in [0.717, 1.165) is 81.6 Å². The molecule has 2 saturated heterocycles. The summed E-state index contributed by atoms with van der Waals surface area (Å²) in [6.07, 6.45) is 5.45. The monoisotopic (exact) mass is 371 g/mol. The van der Waals surface area contributed by atoms with E-state index in [9.17, 15) is 5.11 Å². The number of aliphatic hydroxyl groups excluding tert-OH is 1. The minimum absolute atomic E-state index is 0.144. The van der Waals surface area contributed by atoms with Gasteiger partial charge in [-0.3, -0.25) is 4.90 Å². The average molecular weight is 371 g/mol. The predicted octanol–water partition coefficient (Wildman–Crippen LogP) is 1.25. The third kappa shape index (κ3) is 4.11. The Morgan fingerprint density at radius 1 is 1.11 bits per heavy atom. The van der Waals surface area contributed by atoms with E-state index in [1.165, 1.54) is 0 Å². The quantitative estimate of drug-likeness (QED) is 0.866. The Bertz CT molecular complexity index is 769. The molecule has 0 saturated carbocycles. The smallest absolute Gasteiger partial charge is 0.146 e. The molecule has 1 N–H and O–H groups in total. The van der Waals surface area contributed by atoms with Gasteiger partial charge in [0.2, 0.25) is 0 Å². The third-order valence-corrected chi connectivity index (χ3v) is 5.82. The topological polar surface area (TPSA) is 83.2 Å². The maximum Gasteiger partial charge on any atom is 0.146 e. The van der Waals surface area contributed by atoms with Crippen molar-refractivity contribution >= 4 is 5.82 Å². The number of piperidine rings is 2. The molecule has 0 aliphatic carbocycles. The molecule has 0 spiro atoms. The van der Waals surface area contributed by atoms with Crippen molar-refractivity contribution in [2.24, 2.45) is 7.05 Å². The summed E-state index contributed by atoms with van der Waals surface area (Å²) in [5, 5.41) is 18.7. The fourth-order valence-electron chi connectivity index (χ4n) is 4.16. The van der Waals surface area contributed by atoms with Gasteiger partial charge in [-0.2, -0.15) is 0 Å².